The van der Waals surface area contributed by atoms with E-state index in [-0.39, 0.29) is 0 Å². The van der Waals surface area contributed by atoms with E-state index in [1.165, 1.54) is 88.2 Å². The van der Waals surface area contributed by atoms with Gasteiger partial charge in [0.05, 0.1) is 0 Å². The summed E-state index contributed by atoms with van der Waals surface area (Å²) in [5.41, 5.74) is 4.55. The first-order valence-corrected chi connectivity index (χ1v) is 10.1. The SMILES string of the molecule is CCCCCCCC1CC=C(c2ccc(CCCC)cc2)CC1. The summed E-state index contributed by atoms with van der Waals surface area (Å²) in [7, 11) is 0. The Morgan fingerprint density at radius 2 is 1.61 bits per heavy atom. The third-order valence-corrected chi connectivity index (χ3v) is 5.38. The highest BCUT2D eigenvalue weighted by molar-refractivity contribution is 5.66. The highest BCUT2D eigenvalue weighted by Crippen LogP contribution is 2.33. The quantitative estimate of drug-likeness (QED) is 0.391. The summed E-state index contributed by atoms with van der Waals surface area (Å²) < 4.78 is 0. The zero-order chi connectivity index (χ0) is 16.3. The molecule has 0 amide bonds. The summed E-state index contributed by atoms with van der Waals surface area (Å²) in [5.74, 6) is 0.948. The van der Waals surface area contributed by atoms with Crippen molar-refractivity contribution in [3.8, 4) is 0 Å². The number of unbranched alkanes of at least 4 members (excludes halogenated alkanes) is 5. The second-order valence-electron chi connectivity index (χ2n) is 7.37. The van der Waals surface area contributed by atoms with Gasteiger partial charge in [-0.05, 0) is 54.7 Å². The van der Waals surface area contributed by atoms with E-state index in [4.69, 9.17) is 0 Å². The molecule has 0 bridgehead atoms. The average molecular weight is 313 g/mol. The van der Waals surface area contributed by atoms with Crippen LogP contribution in [0.5, 0.6) is 0 Å². The molecule has 2 rings (SSSR count). The van der Waals surface area contributed by atoms with Crippen molar-refractivity contribution in [1.29, 1.82) is 0 Å². The highest BCUT2D eigenvalue weighted by atomic mass is 14.2. The van der Waals surface area contributed by atoms with Gasteiger partial charge in [-0.2, -0.15) is 0 Å². The lowest BCUT2D eigenvalue weighted by Crippen LogP contribution is -2.05. The molecule has 0 N–H and O–H groups in total. The van der Waals surface area contributed by atoms with Crippen LogP contribution in [0.2, 0.25) is 0 Å². The number of hydrogen-bond donors (Lipinski definition) is 0. The number of rotatable bonds is 10. The van der Waals surface area contributed by atoms with Crippen molar-refractivity contribution < 1.29 is 0 Å². The fourth-order valence-corrected chi connectivity index (χ4v) is 3.72. The number of hydrogen-bond acceptors (Lipinski definition) is 0. The maximum Gasteiger partial charge on any atom is -0.0228 e. The summed E-state index contributed by atoms with van der Waals surface area (Å²) in [5, 5.41) is 0. The lowest BCUT2D eigenvalue weighted by atomic mass is 9.83. The van der Waals surface area contributed by atoms with Gasteiger partial charge in [0.2, 0.25) is 0 Å². The molecule has 0 heteroatoms. The van der Waals surface area contributed by atoms with Crippen LogP contribution in [0, 0.1) is 5.92 Å². The minimum absolute atomic E-state index is 0.948. The second kappa shape index (κ2) is 10.7. The predicted molar refractivity (Wildman–Crippen MR) is 104 cm³/mol. The molecule has 0 fully saturated rings. The Labute approximate surface area is 144 Å². The molecule has 0 spiro atoms. The van der Waals surface area contributed by atoms with Gasteiger partial charge in [0.25, 0.3) is 0 Å². The van der Waals surface area contributed by atoms with Gasteiger partial charge in [-0.1, -0.05) is 89.1 Å². The molecule has 1 aromatic rings. The summed E-state index contributed by atoms with van der Waals surface area (Å²) >= 11 is 0. The Hall–Kier alpha value is -1.04. The zero-order valence-electron chi connectivity index (χ0n) is 15.4. The Bertz CT molecular complexity index is 451. The van der Waals surface area contributed by atoms with Gasteiger partial charge in [-0.15, -0.1) is 0 Å². The van der Waals surface area contributed by atoms with E-state index in [1.807, 2.05) is 0 Å². The summed E-state index contributed by atoms with van der Waals surface area (Å²) in [6.45, 7) is 4.56. The van der Waals surface area contributed by atoms with Crippen molar-refractivity contribution in [1.82, 2.24) is 0 Å². The van der Waals surface area contributed by atoms with Crippen molar-refractivity contribution in [2.45, 2.75) is 90.9 Å². The first-order chi connectivity index (χ1) is 11.3. The molecule has 1 unspecified atom stereocenters. The summed E-state index contributed by atoms with van der Waals surface area (Å²) in [6.07, 6.45) is 18.9. The third kappa shape index (κ3) is 6.53. The minimum Gasteiger partial charge on any atom is -0.0804 e. The maximum absolute atomic E-state index is 2.53. The standard InChI is InChI=1S/C23H36/c1-3-5-7-8-9-11-21-14-18-23(19-15-21)22-16-12-20(13-17-22)10-6-4-2/h12-13,16-18,21H,3-11,14-15,19H2,1-2H3. The van der Waals surface area contributed by atoms with Crippen LogP contribution in [-0.4, -0.2) is 0 Å². The molecule has 1 aliphatic rings. The second-order valence-corrected chi connectivity index (χ2v) is 7.37. The highest BCUT2D eigenvalue weighted by Gasteiger charge is 2.15. The Balaban J connectivity index is 1.75. The number of benzene rings is 1. The largest absolute Gasteiger partial charge is 0.0804 e. The lowest BCUT2D eigenvalue weighted by Gasteiger charge is -2.22. The number of aryl methyl sites for hydroxylation is 1. The van der Waals surface area contributed by atoms with Crippen LogP contribution >= 0.6 is 0 Å². The van der Waals surface area contributed by atoms with Crippen LogP contribution in [0.4, 0.5) is 0 Å². The molecule has 0 saturated heterocycles. The van der Waals surface area contributed by atoms with E-state index in [9.17, 15) is 0 Å². The average Bonchev–Trinajstić information content (AvgIpc) is 2.61. The van der Waals surface area contributed by atoms with Gasteiger partial charge < -0.3 is 0 Å². The normalized spacial score (nSPS) is 18.0. The van der Waals surface area contributed by atoms with Gasteiger partial charge in [0.1, 0.15) is 0 Å². The molecule has 128 valence electrons. The van der Waals surface area contributed by atoms with Crippen LogP contribution in [0.1, 0.15) is 95.6 Å². The molecule has 0 radical (unpaired) electrons. The molecule has 1 aliphatic carbocycles. The van der Waals surface area contributed by atoms with Crippen LogP contribution in [0.25, 0.3) is 5.57 Å². The fourth-order valence-electron chi connectivity index (χ4n) is 3.72. The number of allylic oxidation sites excluding steroid dienone is 2. The topological polar surface area (TPSA) is 0 Å². The molecule has 0 heterocycles. The molecule has 23 heavy (non-hydrogen) atoms. The molecule has 0 aromatic heterocycles. The van der Waals surface area contributed by atoms with Crippen LogP contribution in [0.3, 0.4) is 0 Å². The Morgan fingerprint density at radius 1 is 0.870 bits per heavy atom. The van der Waals surface area contributed by atoms with Crippen molar-refractivity contribution in [2.24, 2.45) is 5.92 Å². The van der Waals surface area contributed by atoms with E-state index in [2.05, 4.69) is 44.2 Å². The monoisotopic (exact) mass is 312 g/mol. The predicted octanol–water partition coefficient (Wildman–Crippen LogP) is 7.57. The van der Waals surface area contributed by atoms with E-state index >= 15 is 0 Å². The van der Waals surface area contributed by atoms with E-state index < -0.39 is 0 Å². The Kier molecular flexibility index (Phi) is 8.50. The van der Waals surface area contributed by atoms with Crippen molar-refractivity contribution in [2.75, 3.05) is 0 Å². The Morgan fingerprint density at radius 3 is 2.26 bits per heavy atom. The third-order valence-electron chi connectivity index (χ3n) is 5.38. The van der Waals surface area contributed by atoms with Crippen LogP contribution < -0.4 is 0 Å². The van der Waals surface area contributed by atoms with E-state index in [1.54, 1.807) is 5.57 Å². The fraction of sp³-hybridized carbons (Fsp3) is 0.652. The molecular formula is C23H36. The first kappa shape index (κ1) is 18.3. The van der Waals surface area contributed by atoms with E-state index in [0.29, 0.717) is 0 Å². The molecule has 1 aromatic carbocycles. The van der Waals surface area contributed by atoms with Gasteiger partial charge in [0.15, 0.2) is 0 Å². The molecule has 0 saturated carbocycles. The zero-order valence-corrected chi connectivity index (χ0v) is 15.4. The van der Waals surface area contributed by atoms with Gasteiger partial charge in [0, 0.05) is 0 Å². The van der Waals surface area contributed by atoms with Crippen molar-refractivity contribution in [3.63, 3.8) is 0 Å². The summed E-state index contributed by atoms with van der Waals surface area (Å²) in [4.78, 5) is 0. The summed E-state index contributed by atoms with van der Waals surface area (Å²) in [6, 6.07) is 9.38. The van der Waals surface area contributed by atoms with Crippen molar-refractivity contribution >= 4 is 5.57 Å². The first-order valence-electron chi connectivity index (χ1n) is 10.1. The van der Waals surface area contributed by atoms with E-state index in [0.717, 1.165) is 5.92 Å². The molecule has 1 atom stereocenters. The smallest absolute Gasteiger partial charge is 0.0228 e. The van der Waals surface area contributed by atoms with Crippen molar-refractivity contribution in [3.05, 3.63) is 41.5 Å². The van der Waals surface area contributed by atoms with Gasteiger partial charge in [-0.25, -0.2) is 0 Å². The maximum atomic E-state index is 2.53. The van der Waals surface area contributed by atoms with Crippen LogP contribution in [-0.2, 0) is 6.42 Å². The lowest BCUT2D eigenvalue weighted by molar-refractivity contribution is 0.423. The molecule has 0 nitrogen and oxygen atoms in total. The molecular weight excluding hydrogens is 276 g/mol. The molecule has 0 aliphatic heterocycles. The van der Waals surface area contributed by atoms with Crippen LogP contribution in [0.15, 0.2) is 30.3 Å². The van der Waals surface area contributed by atoms with Gasteiger partial charge >= 0.3 is 0 Å². The van der Waals surface area contributed by atoms with Gasteiger partial charge in [-0.3, -0.25) is 0 Å². The minimum atomic E-state index is 0.948.